The minimum absolute atomic E-state index is 0.0247. The Kier molecular flexibility index (Phi) is 5.64. The topological polar surface area (TPSA) is 70.6 Å². The van der Waals surface area contributed by atoms with Crippen LogP contribution in [0.3, 0.4) is 0 Å². The molecule has 11 heteroatoms. The lowest BCUT2D eigenvalue weighted by atomic mass is 10.2. The number of aromatic nitrogens is 1. The minimum Gasteiger partial charge on any atom is -0.336 e. The lowest BCUT2D eigenvalue weighted by molar-refractivity contribution is -0.137. The van der Waals surface area contributed by atoms with E-state index in [-0.39, 0.29) is 32.1 Å². The Morgan fingerprint density at radius 1 is 1.04 bits per heavy atom. The van der Waals surface area contributed by atoms with Crippen LogP contribution in [0.25, 0.3) is 0 Å². The molecule has 0 unspecified atom stereocenters. The zero-order chi connectivity index (χ0) is 20.5. The number of piperazine rings is 1. The molecule has 0 radical (unpaired) electrons. The summed E-state index contributed by atoms with van der Waals surface area (Å²) < 4.78 is 65.6. The summed E-state index contributed by atoms with van der Waals surface area (Å²) in [5.74, 6) is -0.259. The van der Waals surface area contributed by atoms with Crippen LogP contribution in [0.1, 0.15) is 15.9 Å². The molecule has 150 valence electrons. The van der Waals surface area contributed by atoms with Gasteiger partial charge in [0.05, 0.1) is 15.5 Å². The molecule has 0 aliphatic carbocycles. The van der Waals surface area contributed by atoms with Crippen molar-refractivity contribution in [3.8, 4) is 0 Å². The summed E-state index contributed by atoms with van der Waals surface area (Å²) in [4.78, 5) is 17.2. The molecule has 0 N–H and O–H groups in total. The zero-order valence-electron chi connectivity index (χ0n) is 14.4. The Bertz CT molecular complexity index is 976. The van der Waals surface area contributed by atoms with Crippen LogP contribution in [-0.2, 0) is 16.2 Å². The maximum Gasteiger partial charge on any atom is 0.417 e. The summed E-state index contributed by atoms with van der Waals surface area (Å²) in [5, 5.41) is -0.570. The molecule has 28 heavy (non-hydrogen) atoms. The van der Waals surface area contributed by atoms with Crippen molar-refractivity contribution in [2.45, 2.75) is 11.1 Å². The number of amides is 1. The highest BCUT2D eigenvalue weighted by molar-refractivity contribution is 7.89. The first kappa shape index (κ1) is 20.6. The Labute approximate surface area is 164 Å². The van der Waals surface area contributed by atoms with E-state index in [4.69, 9.17) is 11.6 Å². The summed E-state index contributed by atoms with van der Waals surface area (Å²) in [6.45, 7) is 0.201. The molecule has 1 aliphatic heterocycles. The molecule has 3 rings (SSSR count). The van der Waals surface area contributed by atoms with E-state index in [1.165, 1.54) is 17.3 Å². The maximum atomic E-state index is 13.0. The molecular formula is C17H15ClF3N3O3S. The number of halogens is 4. The second kappa shape index (κ2) is 7.69. The monoisotopic (exact) mass is 433 g/mol. The Morgan fingerprint density at radius 3 is 2.21 bits per heavy atom. The smallest absolute Gasteiger partial charge is 0.336 e. The van der Waals surface area contributed by atoms with Crippen LogP contribution in [0.2, 0.25) is 5.02 Å². The van der Waals surface area contributed by atoms with E-state index in [0.29, 0.717) is 11.6 Å². The minimum atomic E-state index is -4.77. The van der Waals surface area contributed by atoms with Crippen LogP contribution in [0.15, 0.2) is 47.6 Å². The van der Waals surface area contributed by atoms with Gasteiger partial charge in [-0.15, -0.1) is 0 Å². The van der Waals surface area contributed by atoms with E-state index < -0.39 is 31.7 Å². The first-order chi connectivity index (χ1) is 13.1. The number of carbonyl (C=O) groups excluding carboxylic acids is 1. The Hall–Kier alpha value is -2.17. The van der Waals surface area contributed by atoms with E-state index in [2.05, 4.69) is 4.98 Å². The van der Waals surface area contributed by atoms with E-state index in [1.807, 2.05) is 0 Å². The Balaban J connectivity index is 1.76. The van der Waals surface area contributed by atoms with Crippen LogP contribution in [-0.4, -0.2) is 54.7 Å². The van der Waals surface area contributed by atoms with Gasteiger partial charge in [0.25, 0.3) is 5.91 Å². The third-order valence-electron chi connectivity index (χ3n) is 4.33. The number of hydrogen-bond acceptors (Lipinski definition) is 4. The molecule has 2 heterocycles. The predicted octanol–water partition coefficient (Wildman–Crippen LogP) is 2.90. The fraction of sp³-hybridized carbons (Fsp3) is 0.294. The Morgan fingerprint density at radius 2 is 1.64 bits per heavy atom. The molecular weight excluding hydrogens is 419 g/mol. The van der Waals surface area contributed by atoms with Gasteiger partial charge in [-0.25, -0.2) is 8.42 Å². The fourth-order valence-corrected chi connectivity index (χ4v) is 4.51. The average Bonchev–Trinajstić information content (AvgIpc) is 2.67. The standard InChI is InChI=1S/C17H15ClF3N3O3S/c18-15-2-1-13(11-14(15)17(19,20)21)28(26,27)24-9-7-23(8-10-24)16(25)12-3-5-22-6-4-12/h1-6,11H,7-10H2. The highest BCUT2D eigenvalue weighted by Gasteiger charge is 2.36. The molecule has 1 fully saturated rings. The quantitative estimate of drug-likeness (QED) is 0.746. The molecule has 0 saturated carbocycles. The number of benzene rings is 1. The predicted molar refractivity (Wildman–Crippen MR) is 95.4 cm³/mol. The molecule has 0 bridgehead atoms. The lowest BCUT2D eigenvalue weighted by Crippen LogP contribution is -2.50. The molecule has 1 aliphatic rings. The van der Waals surface area contributed by atoms with Gasteiger partial charge in [0, 0.05) is 44.1 Å². The summed E-state index contributed by atoms with van der Waals surface area (Å²) in [6.07, 6.45) is -1.81. The van der Waals surface area contributed by atoms with Gasteiger partial charge < -0.3 is 4.90 Å². The van der Waals surface area contributed by atoms with Gasteiger partial charge in [0.15, 0.2) is 0 Å². The van der Waals surface area contributed by atoms with Gasteiger partial charge in [-0.05, 0) is 30.3 Å². The zero-order valence-corrected chi connectivity index (χ0v) is 15.9. The fourth-order valence-electron chi connectivity index (χ4n) is 2.84. The normalized spacial score (nSPS) is 16.2. The second-order valence-corrected chi connectivity index (χ2v) is 8.42. The van der Waals surface area contributed by atoms with E-state index in [1.54, 1.807) is 12.1 Å². The number of carbonyl (C=O) groups is 1. The van der Waals surface area contributed by atoms with E-state index >= 15 is 0 Å². The summed E-state index contributed by atoms with van der Waals surface area (Å²) in [5.41, 5.74) is -0.777. The number of sulfonamides is 1. The van der Waals surface area contributed by atoms with Crippen molar-refractivity contribution in [2.75, 3.05) is 26.2 Å². The molecule has 0 atom stereocenters. The van der Waals surface area contributed by atoms with E-state index in [9.17, 15) is 26.4 Å². The SMILES string of the molecule is O=C(c1ccncc1)N1CCN(S(=O)(=O)c2ccc(Cl)c(C(F)(F)F)c2)CC1. The van der Waals surface area contributed by atoms with Crippen LogP contribution in [0, 0.1) is 0 Å². The van der Waals surface area contributed by atoms with Gasteiger partial charge in [0.2, 0.25) is 10.0 Å². The molecule has 1 aromatic carbocycles. The van der Waals surface area contributed by atoms with Crippen molar-refractivity contribution in [3.63, 3.8) is 0 Å². The summed E-state index contributed by atoms with van der Waals surface area (Å²) in [6, 6.07) is 5.60. The van der Waals surface area contributed by atoms with Gasteiger partial charge in [0.1, 0.15) is 0 Å². The molecule has 1 aromatic heterocycles. The number of hydrogen-bond donors (Lipinski definition) is 0. The van der Waals surface area contributed by atoms with Crippen molar-refractivity contribution in [1.29, 1.82) is 0 Å². The number of nitrogens with zero attached hydrogens (tertiary/aromatic N) is 3. The van der Waals surface area contributed by atoms with Crippen molar-refractivity contribution in [1.82, 2.24) is 14.2 Å². The molecule has 1 amide bonds. The van der Waals surface area contributed by atoms with E-state index in [0.717, 1.165) is 16.4 Å². The number of rotatable bonds is 3. The highest BCUT2D eigenvalue weighted by Crippen LogP contribution is 2.36. The van der Waals surface area contributed by atoms with Crippen molar-refractivity contribution < 1.29 is 26.4 Å². The largest absolute Gasteiger partial charge is 0.417 e. The molecule has 6 nitrogen and oxygen atoms in total. The van der Waals surface area contributed by atoms with Crippen LogP contribution < -0.4 is 0 Å². The maximum absolute atomic E-state index is 13.0. The lowest BCUT2D eigenvalue weighted by Gasteiger charge is -2.34. The third-order valence-corrected chi connectivity index (χ3v) is 6.56. The number of alkyl halides is 3. The van der Waals surface area contributed by atoms with Crippen molar-refractivity contribution in [3.05, 3.63) is 58.9 Å². The molecule has 1 saturated heterocycles. The van der Waals surface area contributed by atoms with Crippen molar-refractivity contribution >= 4 is 27.5 Å². The first-order valence-corrected chi connectivity index (χ1v) is 9.99. The van der Waals surface area contributed by atoms with Crippen LogP contribution >= 0.6 is 11.6 Å². The average molecular weight is 434 g/mol. The second-order valence-electron chi connectivity index (χ2n) is 6.07. The molecule has 0 spiro atoms. The highest BCUT2D eigenvalue weighted by atomic mass is 35.5. The van der Waals surface area contributed by atoms with Crippen molar-refractivity contribution in [2.24, 2.45) is 0 Å². The number of pyridine rings is 1. The van der Waals surface area contributed by atoms with Gasteiger partial charge in [-0.2, -0.15) is 17.5 Å². The van der Waals surface area contributed by atoms with Crippen LogP contribution in [0.5, 0.6) is 0 Å². The molecule has 2 aromatic rings. The van der Waals surface area contributed by atoms with Crippen LogP contribution in [0.4, 0.5) is 13.2 Å². The van der Waals surface area contributed by atoms with Gasteiger partial charge >= 0.3 is 6.18 Å². The van der Waals surface area contributed by atoms with Gasteiger partial charge in [-0.1, -0.05) is 11.6 Å². The third kappa shape index (κ3) is 4.13. The first-order valence-electron chi connectivity index (χ1n) is 8.17. The summed E-state index contributed by atoms with van der Waals surface area (Å²) in [7, 11) is -4.15. The van der Waals surface area contributed by atoms with Gasteiger partial charge in [-0.3, -0.25) is 9.78 Å². The summed E-state index contributed by atoms with van der Waals surface area (Å²) >= 11 is 5.55.